The number of amides is 1. The van der Waals surface area contributed by atoms with Crippen molar-refractivity contribution in [3.05, 3.63) is 29.3 Å². The first-order chi connectivity index (χ1) is 13.3. The first kappa shape index (κ1) is 18.8. The monoisotopic (exact) mass is 371 g/mol. The summed E-state index contributed by atoms with van der Waals surface area (Å²) in [6.45, 7) is 6.94. The number of nitrogens with one attached hydrogen (secondary N) is 2. The summed E-state index contributed by atoms with van der Waals surface area (Å²) in [6, 6.07) is 6.29. The lowest BCUT2D eigenvalue weighted by molar-refractivity contribution is 0.0571. The number of aryl methyl sites for hydroxylation is 1. The van der Waals surface area contributed by atoms with E-state index in [0.29, 0.717) is 11.8 Å². The predicted molar refractivity (Wildman–Crippen MR) is 108 cm³/mol. The van der Waals surface area contributed by atoms with Crippen LogP contribution in [0.5, 0.6) is 0 Å². The molecule has 2 N–H and O–H groups in total. The number of piperidine rings is 1. The Morgan fingerprint density at radius 2 is 2.07 bits per heavy atom. The maximum atomic E-state index is 12.6. The van der Waals surface area contributed by atoms with E-state index < -0.39 is 0 Å². The molecule has 0 bridgehead atoms. The lowest BCUT2D eigenvalue weighted by atomic mass is 9.95. The molecule has 0 aliphatic carbocycles. The van der Waals surface area contributed by atoms with Crippen LogP contribution in [0.3, 0.4) is 0 Å². The van der Waals surface area contributed by atoms with E-state index in [-0.39, 0.29) is 5.91 Å². The zero-order valence-corrected chi connectivity index (χ0v) is 16.3. The van der Waals surface area contributed by atoms with Crippen LogP contribution in [0.25, 0.3) is 0 Å². The summed E-state index contributed by atoms with van der Waals surface area (Å²) in [5, 5.41) is 6.53. The van der Waals surface area contributed by atoms with Crippen molar-refractivity contribution >= 4 is 11.6 Å². The van der Waals surface area contributed by atoms with E-state index in [9.17, 15) is 4.79 Å². The highest BCUT2D eigenvalue weighted by molar-refractivity contribution is 5.95. The third kappa shape index (κ3) is 4.82. The van der Waals surface area contributed by atoms with E-state index in [0.717, 1.165) is 70.8 Å². The second-order valence-electron chi connectivity index (χ2n) is 8.38. The number of hydrogen-bond acceptors (Lipinski definition) is 4. The Bertz CT molecular complexity index is 636. The number of hydrogen-bond donors (Lipinski definition) is 2. The van der Waals surface area contributed by atoms with Gasteiger partial charge in [0, 0.05) is 37.5 Å². The number of carbonyl (C=O) groups excluding carboxylic acids is 1. The minimum atomic E-state index is 0.0779. The van der Waals surface area contributed by atoms with Gasteiger partial charge in [-0.3, -0.25) is 4.79 Å². The van der Waals surface area contributed by atoms with Gasteiger partial charge in [-0.1, -0.05) is 0 Å². The van der Waals surface area contributed by atoms with E-state index in [4.69, 9.17) is 4.74 Å². The lowest BCUT2D eigenvalue weighted by Gasteiger charge is -2.35. The van der Waals surface area contributed by atoms with Crippen LogP contribution in [0.15, 0.2) is 18.2 Å². The zero-order chi connectivity index (χ0) is 18.5. The van der Waals surface area contributed by atoms with Gasteiger partial charge in [0.15, 0.2) is 0 Å². The third-order valence-electron chi connectivity index (χ3n) is 6.30. The number of rotatable bonds is 5. The summed E-state index contributed by atoms with van der Waals surface area (Å²) in [4.78, 5) is 15.1. The van der Waals surface area contributed by atoms with E-state index in [2.05, 4.69) is 27.7 Å². The highest BCUT2D eigenvalue weighted by Gasteiger charge is 2.23. The number of ether oxygens (including phenoxy) is 1. The molecule has 1 aromatic carbocycles. The summed E-state index contributed by atoms with van der Waals surface area (Å²) in [7, 11) is 0. The van der Waals surface area contributed by atoms with E-state index >= 15 is 0 Å². The summed E-state index contributed by atoms with van der Waals surface area (Å²) in [5.74, 6) is 1.33. The summed E-state index contributed by atoms with van der Waals surface area (Å²) >= 11 is 0. The smallest absolute Gasteiger partial charge is 0.251 e. The van der Waals surface area contributed by atoms with Gasteiger partial charge < -0.3 is 20.3 Å². The van der Waals surface area contributed by atoms with Crippen LogP contribution in [-0.2, 0) is 11.2 Å². The van der Waals surface area contributed by atoms with Crippen molar-refractivity contribution in [3.63, 3.8) is 0 Å². The van der Waals surface area contributed by atoms with Gasteiger partial charge in [-0.15, -0.1) is 0 Å². The van der Waals surface area contributed by atoms with Gasteiger partial charge in [0.2, 0.25) is 0 Å². The Hall–Kier alpha value is -1.59. The van der Waals surface area contributed by atoms with Crippen LogP contribution in [0, 0.1) is 11.8 Å². The van der Waals surface area contributed by atoms with Gasteiger partial charge in [-0.25, -0.2) is 0 Å². The molecule has 0 aromatic heterocycles. The van der Waals surface area contributed by atoms with Crippen molar-refractivity contribution in [2.45, 2.75) is 38.5 Å². The zero-order valence-electron chi connectivity index (χ0n) is 16.3. The molecule has 0 spiro atoms. The van der Waals surface area contributed by atoms with Crippen molar-refractivity contribution in [1.29, 1.82) is 0 Å². The van der Waals surface area contributed by atoms with Crippen molar-refractivity contribution in [1.82, 2.24) is 10.6 Å². The average Bonchev–Trinajstić information content (AvgIpc) is 2.73. The highest BCUT2D eigenvalue weighted by Crippen LogP contribution is 2.30. The Morgan fingerprint density at radius 3 is 2.89 bits per heavy atom. The second kappa shape index (κ2) is 9.07. The molecule has 2 fully saturated rings. The second-order valence-corrected chi connectivity index (χ2v) is 8.38. The quantitative estimate of drug-likeness (QED) is 0.835. The minimum absolute atomic E-state index is 0.0779. The maximum absolute atomic E-state index is 12.6. The van der Waals surface area contributed by atoms with Crippen molar-refractivity contribution < 1.29 is 9.53 Å². The first-order valence-electron chi connectivity index (χ1n) is 10.7. The Labute approximate surface area is 162 Å². The van der Waals surface area contributed by atoms with Gasteiger partial charge in [-0.05, 0) is 87.2 Å². The van der Waals surface area contributed by atoms with Crippen LogP contribution in [0.1, 0.15) is 48.0 Å². The van der Waals surface area contributed by atoms with Crippen LogP contribution in [-0.4, -0.2) is 51.8 Å². The van der Waals surface area contributed by atoms with E-state index in [1.807, 2.05) is 6.07 Å². The summed E-state index contributed by atoms with van der Waals surface area (Å²) in [6.07, 6.45) is 7.00. The first-order valence-corrected chi connectivity index (χ1v) is 10.7. The molecule has 5 nitrogen and oxygen atoms in total. The molecule has 3 heterocycles. The van der Waals surface area contributed by atoms with Gasteiger partial charge in [0.05, 0.1) is 6.61 Å². The largest absolute Gasteiger partial charge is 0.381 e. The molecule has 27 heavy (non-hydrogen) atoms. The molecule has 5 heteroatoms. The molecular weight excluding hydrogens is 338 g/mol. The van der Waals surface area contributed by atoms with Gasteiger partial charge >= 0.3 is 0 Å². The van der Waals surface area contributed by atoms with Gasteiger partial charge in [0.1, 0.15) is 0 Å². The molecule has 1 unspecified atom stereocenters. The Kier molecular flexibility index (Phi) is 6.30. The molecule has 2 saturated heterocycles. The molecule has 1 atom stereocenters. The van der Waals surface area contributed by atoms with E-state index in [1.54, 1.807) is 0 Å². The molecule has 1 amide bonds. The highest BCUT2D eigenvalue weighted by atomic mass is 16.5. The van der Waals surface area contributed by atoms with Crippen molar-refractivity contribution in [2.24, 2.45) is 11.8 Å². The van der Waals surface area contributed by atoms with Gasteiger partial charge in [-0.2, -0.15) is 0 Å². The van der Waals surface area contributed by atoms with Crippen LogP contribution in [0.2, 0.25) is 0 Å². The maximum Gasteiger partial charge on any atom is 0.251 e. The SMILES string of the molecule is O=C(NCC1CCNCC1)c1ccc2c(c1)CCCN2CC1CCCOC1. The predicted octanol–water partition coefficient (Wildman–Crippen LogP) is 2.60. The average molecular weight is 372 g/mol. The molecule has 148 valence electrons. The molecule has 3 aliphatic rings. The molecular formula is C22H33N3O2. The number of anilines is 1. The molecule has 0 saturated carbocycles. The Morgan fingerprint density at radius 1 is 1.19 bits per heavy atom. The fraction of sp³-hybridized carbons (Fsp3) is 0.682. The fourth-order valence-electron chi connectivity index (χ4n) is 4.69. The number of carbonyl (C=O) groups is 1. The van der Waals surface area contributed by atoms with Crippen LogP contribution in [0.4, 0.5) is 5.69 Å². The normalized spacial score (nSPS) is 23.7. The van der Waals surface area contributed by atoms with E-state index in [1.165, 1.54) is 30.5 Å². The third-order valence-corrected chi connectivity index (χ3v) is 6.30. The minimum Gasteiger partial charge on any atom is -0.381 e. The van der Waals surface area contributed by atoms with Crippen LogP contribution < -0.4 is 15.5 Å². The van der Waals surface area contributed by atoms with Crippen molar-refractivity contribution in [2.75, 3.05) is 50.8 Å². The Balaban J connectivity index is 1.37. The fourth-order valence-corrected chi connectivity index (χ4v) is 4.69. The number of nitrogens with zero attached hydrogens (tertiary/aromatic N) is 1. The molecule has 3 aliphatic heterocycles. The molecule has 0 radical (unpaired) electrons. The topological polar surface area (TPSA) is 53.6 Å². The van der Waals surface area contributed by atoms with Crippen molar-refractivity contribution in [3.8, 4) is 0 Å². The number of benzene rings is 1. The van der Waals surface area contributed by atoms with Crippen LogP contribution >= 0.6 is 0 Å². The molecule has 1 aromatic rings. The molecule has 4 rings (SSSR count). The lowest BCUT2D eigenvalue weighted by Crippen LogP contribution is -2.37. The summed E-state index contributed by atoms with van der Waals surface area (Å²) < 4.78 is 5.66. The van der Waals surface area contributed by atoms with Gasteiger partial charge in [0.25, 0.3) is 5.91 Å². The number of fused-ring (bicyclic) bond motifs is 1. The summed E-state index contributed by atoms with van der Waals surface area (Å²) in [5.41, 5.74) is 3.46. The standard InChI is InChI=1S/C22H33N3O2/c26-22(24-14-17-7-9-23-10-8-17)20-5-6-21-19(13-20)4-1-11-25(21)15-18-3-2-12-27-16-18/h5-6,13,17-18,23H,1-4,7-12,14-16H2,(H,24,26).